The third-order valence-corrected chi connectivity index (χ3v) is 7.03. The predicted molar refractivity (Wildman–Crippen MR) is 95.8 cm³/mol. The van der Waals surface area contributed by atoms with Gasteiger partial charge in [0.1, 0.15) is 0 Å². The van der Waals surface area contributed by atoms with E-state index < -0.39 is 0 Å². The molecule has 0 saturated heterocycles. The Morgan fingerprint density at radius 3 is 1.86 bits per heavy atom. The SMILES string of the molecule is CCCC(CCC(=O)O[SiH3])(C1CCCCC1)C1CCCCC1. The zero-order valence-corrected chi connectivity index (χ0v) is 16.9. The van der Waals surface area contributed by atoms with Crippen molar-refractivity contribution in [2.24, 2.45) is 17.3 Å². The minimum atomic E-state index is 0.0544. The van der Waals surface area contributed by atoms with E-state index in [0.717, 1.165) is 18.3 Å². The molecule has 2 nitrogen and oxygen atoms in total. The maximum atomic E-state index is 11.8. The van der Waals surface area contributed by atoms with Crippen LogP contribution in [0.5, 0.6) is 0 Å². The molecule has 0 aromatic carbocycles. The Morgan fingerprint density at radius 1 is 0.955 bits per heavy atom. The zero-order valence-electron chi connectivity index (χ0n) is 14.9. The lowest BCUT2D eigenvalue weighted by Crippen LogP contribution is -2.41. The molecule has 0 amide bonds. The molecular weight excluding hydrogens is 288 g/mol. The van der Waals surface area contributed by atoms with Gasteiger partial charge in [-0.2, -0.15) is 0 Å². The number of rotatable bonds is 7. The molecule has 0 radical (unpaired) electrons. The van der Waals surface area contributed by atoms with Crippen molar-refractivity contribution in [3.8, 4) is 0 Å². The summed E-state index contributed by atoms with van der Waals surface area (Å²) in [7, 11) is 0.547. The monoisotopic (exact) mass is 324 g/mol. The largest absolute Gasteiger partial charge is 0.529 e. The van der Waals surface area contributed by atoms with Crippen molar-refractivity contribution in [1.82, 2.24) is 0 Å². The summed E-state index contributed by atoms with van der Waals surface area (Å²) in [5.41, 5.74) is 0.436. The summed E-state index contributed by atoms with van der Waals surface area (Å²) in [4.78, 5) is 11.8. The average Bonchev–Trinajstić information content (AvgIpc) is 2.60. The smallest absolute Gasteiger partial charge is 0.291 e. The van der Waals surface area contributed by atoms with E-state index in [9.17, 15) is 4.79 Å². The summed E-state index contributed by atoms with van der Waals surface area (Å²) >= 11 is 0. The van der Waals surface area contributed by atoms with E-state index >= 15 is 0 Å². The van der Waals surface area contributed by atoms with E-state index in [2.05, 4.69) is 6.92 Å². The predicted octanol–water partition coefficient (Wildman–Crippen LogP) is 4.54. The molecule has 0 bridgehead atoms. The minimum absolute atomic E-state index is 0.0544. The summed E-state index contributed by atoms with van der Waals surface area (Å²) < 4.78 is 5.10. The van der Waals surface area contributed by atoms with Gasteiger partial charge in [0.25, 0.3) is 5.97 Å². The van der Waals surface area contributed by atoms with Crippen LogP contribution < -0.4 is 0 Å². The Balaban J connectivity index is 2.18. The number of carbonyl (C=O) groups is 1. The summed E-state index contributed by atoms with van der Waals surface area (Å²) in [6.45, 7) is 2.34. The molecule has 0 aromatic rings. The van der Waals surface area contributed by atoms with Crippen molar-refractivity contribution in [3.63, 3.8) is 0 Å². The third kappa shape index (κ3) is 4.36. The van der Waals surface area contributed by atoms with Gasteiger partial charge in [-0.25, -0.2) is 0 Å². The van der Waals surface area contributed by atoms with Gasteiger partial charge in [0.05, 0.1) is 0 Å². The zero-order chi connectivity index (χ0) is 15.8. The van der Waals surface area contributed by atoms with Crippen LogP contribution in [0.4, 0.5) is 0 Å². The number of hydrogen-bond donors (Lipinski definition) is 0. The van der Waals surface area contributed by atoms with E-state index in [1.54, 1.807) is 0 Å². The molecule has 0 unspecified atom stereocenters. The average molecular weight is 325 g/mol. The van der Waals surface area contributed by atoms with Crippen molar-refractivity contribution in [2.75, 3.05) is 0 Å². The highest BCUT2D eigenvalue weighted by molar-refractivity contribution is 6.05. The molecule has 2 aliphatic carbocycles. The molecule has 0 spiro atoms. The molecule has 3 heteroatoms. The van der Waals surface area contributed by atoms with Crippen molar-refractivity contribution in [2.45, 2.75) is 96.8 Å². The molecule has 2 fully saturated rings. The van der Waals surface area contributed by atoms with Crippen LogP contribution >= 0.6 is 0 Å². The second kappa shape index (κ2) is 9.10. The highest BCUT2D eigenvalue weighted by Crippen LogP contribution is 2.54. The van der Waals surface area contributed by atoms with Crippen LogP contribution in [0, 0.1) is 17.3 Å². The normalized spacial score (nSPS) is 21.9. The second-order valence-corrected chi connectivity index (χ2v) is 8.14. The molecule has 0 N–H and O–H groups in total. The Bertz CT molecular complexity index is 312. The van der Waals surface area contributed by atoms with Gasteiger partial charge in [-0.1, -0.05) is 51.9 Å². The lowest BCUT2D eigenvalue weighted by atomic mass is 9.55. The first kappa shape index (κ1) is 18.0. The topological polar surface area (TPSA) is 26.3 Å². The van der Waals surface area contributed by atoms with Crippen molar-refractivity contribution >= 4 is 16.5 Å². The molecule has 0 aromatic heterocycles. The van der Waals surface area contributed by atoms with E-state index in [1.165, 1.54) is 77.0 Å². The lowest BCUT2D eigenvalue weighted by molar-refractivity contribution is -0.135. The maximum Gasteiger partial charge on any atom is 0.291 e. The third-order valence-electron chi connectivity index (χ3n) is 6.57. The van der Waals surface area contributed by atoms with E-state index in [1.807, 2.05) is 0 Å². The molecule has 2 saturated carbocycles. The van der Waals surface area contributed by atoms with Crippen LogP contribution in [0.3, 0.4) is 0 Å². The Labute approximate surface area is 140 Å². The van der Waals surface area contributed by atoms with Gasteiger partial charge in [-0.15, -0.1) is 0 Å². The maximum absolute atomic E-state index is 11.8. The first-order valence-corrected chi connectivity index (χ1v) is 10.6. The molecule has 0 aliphatic heterocycles. The molecule has 0 atom stereocenters. The van der Waals surface area contributed by atoms with Gasteiger partial charge in [-0.05, 0) is 55.8 Å². The van der Waals surface area contributed by atoms with Gasteiger partial charge in [0.2, 0.25) is 10.5 Å². The quantitative estimate of drug-likeness (QED) is 0.643. The fraction of sp³-hybridized carbons (Fsp3) is 0.947. The van der Waals surface area contributed by atoms with Gasteiger partial charge in [0.15, 0.2) is 0 Å². The Morgan fingerprint density at radius 2 is 1.45 bits per heavy atom. The van der Waals surface area contributed by atoms with Gasteiger partial charge >= 0.3 is 0 Å². The van der Waals surface area contributed by atoms with Crippen molar-refractivity contribution in [1.29, 1.82) is 0 Å². The summed E-state index contributed by atoms with van der Waals surface area (Å²) in [6, 6.07) is 0. The van der Waals surface area contributed by atoms with Crippen LogP contribution in [0.25, 0.3) is 0 Å². The highest BCUT2D eigenvalue weighted by atomic mass is 28.2. The van der Waals surface area contributed by atoms with Crippen LogP contribution in [-0.2, 0) is 9.22 Å². The fourth-order valence-electron chi connectivity index (χ4n) is 5.53. The van der Waals surface area contributed by atoms with Crippen molar-refractivity contribution in [3.05, 3.63) is 0 Å². The molecular formula is C19H36O2Si. The summed E-state index contributed by atoms with van der Waals surface area (Å²) in [5, 5.41) is 0. The van der Waals surface area contributed by atoms with Crippen molar-refractivity contribution < 1.29 is 9.22 Å². The van der Waals surface area contributed by atoms with Crippen LogP contribution in [0.15, 0.2) is 0 Å². The fourth-order valence-corrected chi connectivity index (χ4v) is 5.74. The Hall–Kier alpha value is -0.313. The van der Waals surface area contributed by atoms with Gasteiger partial charge in [0, 0.05) is 6.42 Å². The first-order valence-electron chi connectivity index (χ1n) is 9.79. The lowest BCUT2D eigenvalue weighted by Gasteiger charge is -2.50. The van der Waals surface area contributed by atoms with Crippen LogP contribution in [0.2, 0.25) is 0 Å². The molecule has 0 heterocycles. The summed E-state index contributed by atoms with van der Waals surface area (Å²) in [6.07, 6.45) is 18.5. The highest BCUT2D eigenvalue weighted by Gasteiger charge is 2.44. The molecule has 2 rings (SSSR count). The molecule has 2 aliphatic rings. The van der Waals surface area contributed by atoms with E-state index in [-0.39, 0.29) is 5.97 Å². The van der Waals surface area contributed by atoms with Crippen LogP contribution in [0.1, 0.15) is 96.8 Å². The van der Waals surface area contributed by atoms with E-state index in [0.29, 0.717) is 22.3 Å². The Kier molecular flexibility index (Phi) is 7.46. The van der Waals surface area contributed by atoms with Gasteiger partial charge < -0.3 is 4.43 Å². The standard InChI is InChI=1S/C19H36O2Si/c1-2-14-19(15-13-18(20)21-22,16-9-5-3-6-10-16)17-11-7-4-8-12-17/h16-17H,2-15H2,1,22H3. The first-order chi connectivity index (χ1) is 10.7. The minimum Gasteiger partial charge on any atom is -0.529 e. The molecule has 128 valence electrons. The van der Waals surface area contributed by atoms with Gasteiger partial charge in [-0.3, -0.25) is 4.79 Å². The molecule has 22 heavy (non-hydrogen) atoms. The number of carbonyl (C=O) groups excluding carboxylic acids is 1. The van der Waals surface area contributed by atoms with E-state index in [4.69, 9.17) is 4.43 Å². The van der Waals surface area contributed by atoms with Crippen LogP contribution in [-0.4, -0.2) is 16.5 Å². The number of hydrogen-bond acceptors (Lipinski definition) is 2. The second-order valence-electron chi connectivity index (χ2n) is 7.73. The summed E-state index contributed by atoms with van der Waals surface area (Å²) in [5.74, 6) is 1.79.